The highest BCUT2D eigenvalue weighted by Gasteiger charge is 2.39. The number of hydrogen-bond acceptors (Lipinski definition) is 3. The van der Waals surface area contributed by atoms with Crippen LogP contribution < -0.4 is 16.0 Å². The van der Waals surface area contributed by atoms with Gasteiger partial charge in [-0.05, 0) is 117 Å². The number of allylic oxidation sites excluding steroid dienone is 5. The van der Waals surface area contributed by atoms with Gasteiger partial charge in [-0.1, -0.05) is 239 Å². The first-order chi connectivity index (χ1) is 30.4. The topological polar surface area (TPSA) is 36.1 Å². The van der Waals surface area contributed by atoms with Crippen LogP contribution in [0.2, 0.25) is 0 Å². The van der Waals surface area contributed by atoms with Crippen molar-refractivity contribution in [3.8, 4) is 0 Å². The van der Waals surface area contributed by atoms with Gasteiger partial charge >= 0.3 is 0 Å². The van der Waals surface area contributed by atoms with Gasteiger partial charge in [0.2, 0.25) is 0 Å². The first-order valence-electron chi connectivity index (χ1n) is 27.3. The summed E-state index contributed by atoms with van der Waals surface area (Å²) >= 11 is 0. The van der Waals surface area contributed by atoms with E-state index in [2.05, 4.69) is 180 Å². The van der Waals surface area contributed by atoms with Gasteiger partial charge in [-0.3, -0.25) is 0 Å². The zero-order valence-corrected chi connectivity index (χ0v) is 48.5. The molecule has 0 heterocycles. The van der Waals surface area contributed by atoms with E-state index in [9.17, 15) is 0 Å². The summed E-state index contributed by atoms with van der Waals surface area (Å²) in [4.78, 5) is 0. The van der Waals surface area contributed by atoms with Gasteiger partial charge in [0.1, 0.15) is 0 Å². The normalized spacial score (nSPS) is 17.6. The molecule has 0 aromatic heterocycles. The number of hydrogen-bond donors (Lipinski definition) is 3. The molecule has 3 heteroatoms. The molecule has 386 valence electrons. The molecule has 2 aliphatic carbocycles. The molecule has 0 spiro atoms. The van der Waals surface area contributed by atoms with Crippen molar-refractivity contribution in [2.24, 2.45) is 46.3 Å². The van der Waals surface area contributed by atoms with Gasteiger partial charge in [-0.15, -0.1) is 6.58 Å². The molecule has 5 unspecified atom stereocenters. The van der Waals surface area contributed by atoms with Gasteiger partial charge < -0.3 is 16.0 Å². The van der Waals surface area contributed by atoms with E-state index in [-0.39, 0.29) is 0 Å². The van der Waals surface area contributed by atoms with Crippen LogP contribution in [0.25, 0.3) is 0 Å². The molecular formula is C62H123N3. The van der Waals surface area contributed by atoms with Crippen molar-refractivity contribution in [2.75, 3.05) is 13.1 Å². The molecule has 0 aliphatic heterocycles. The van der Waals surface area contributed by atoms with Gasteiger partial charge in [0.15, 0.2) is 0 Å². The maximum atomic E-state index is 4.17. The Kier molecular flexibility index (Phi) is 48.6. The fourth-order valence-electron chi connectivity index (χ4n) is 8.07. The van der Waals surface area contributed by atoms with Crippen LogP contribution in [-0.4, -0.2) is 19.1 Å². The molecule has 2 aliphatic rings. The Labute approximate surface area is 413 Å². The lowest BCUT2D eigenvalue weighted by Gasteiger charge is -2.39. The van der Waals surface area contributed by atoms with Gasteiger partial charge in [-0.2, -0.15) is 0 Å². The van der Waals surface area contributed by atoms with Crippen molar-refractivity contribution >= 4 is 0 Å². The third kappa shape index (κ3) is 39.3. The Morgan fingerprint density at radius 2 is 1.26 bits per heavy atom. The Morgan fingerprint density at radius 3 is 1.60 bits per heavy atom. The second kappa shape index (κ2) is 44.1. The third-order valence-corrected chi connectivity index (χ3v) is 13.6. The van der Waals surface area contributed by atoms with E-state index in [4.69, 9.17) is 0 Å². The second-order valence-corrected chi connectivity index (χ2v) is 20.9. The zero-order chi connectivity index (χ0) is 51.8. The Bertz CT molecular complexity index is 1200. The zero-order valence-electron chi connectivity index (χ0n) is 48.5. The lowest BCUT2D eigenvalue weighted by molar-refractivity contribution is 0.153. The molecule has 0 radical (unpaired) electrons. The average molecular weight is 911 g/mol. The highest BCUT2D eigenvalue weighted by molar-refractivity contribution is 5.25. The molecule has 2 fully saturated rings. The van der Waals surface area contributed by atoms with Gasteiger partial charge in [0.25, 0.3) is 0 Å². The molecule has 0 amide bonds. The minimum absolute atomic E-state index is 0.327. The first kappa shape index (κ1) is 71.6. The van der Waals surface area contributed by atoms with Crippen LogP contribution in [0.15, 0.2) is 85.9 Å². The smallest absolute Gasteiger partial charge is 0.0328 e. The van der Waals surface area contributed by atoms with Gasteiger partial charge in [0.05, 0.1) is 0 Å². The molecular weight excluding hydrogens is 787 g/mol. The standard InChI is InChI=1S/C12H21N.2C12H22.2C10H21N.C4H10.C2H6/c1-6-8-10(3)11(4)12(5)13-9-7-2;1-10(2)11(3)12(4)8-6-5-7-9-12;1-5-7-9(3)10(4)12-8-11(12)6-2;1-7-9(10(4,5)6)11-8(2)3;1-5-7-9(3)8-11-10(4)6-2;1-3-4-2;1-2/h7,10,13H,2,4-6,8-9H2,1,3H3;11H,1,5-9H2,2-4H3;10-12H,3,5-8H2,1-2,4H3;9,11H,2,7H2,1,3-6H3;9,11H,4-8H2,1-3H3;3-4H2,1-2H3;1-2H3/t;;10?,11-,12-;;;;/m..1..../s1. The lowest BCUT2D eigenvalue weighted by atomic mass is 9.66. The van der Waals surface area contributed by atoms with Crippen LogP contribution in [0.4, 0.5) is 0 Å². The average Bonchev–Trinajstić information content (AvgIpc) is 4.07. The van der Waals surface area contributed by atoms with Crippen LogP contribution in [0, 0.1) is 46.3 Å². The molecule has 3 nitrogen and oxygen atoms in total. The Morgan fingerprint density at radius 1 is 0.738 bits per heavy atom. The largest absolute Gasteiger partial charge is 0.389 e. The Hall–Kier alpha value is -2.42. The van der Waals surface area contributed by atoms with Crippen molar-refractivity contribution in [1.82, 2.24) is 16.0 Å². The highest BCUT2D eigenvalue weighted by atomic mass is 14.9. The van der Waals surface area contributed by atoms with E-state index in [1.165, 1.54) is 107 Å². The molecule has 2 saturated carbocycles. The molecule has 3 N–H and O–H groups in total. The van der Waals surface area contributed by atoms with Crippen molar-refractivity contribution < 1.29 is 0 Å². The summed E-state index contributed by atoms with van der Waals surface area (Å²) in [5, 5.41) is 9.86. The van der Waals surface area contributed by atoms with E-state index in [1.54, 1.807) is 0 Å². The fraction of sp³-hybridized carbons (Fsp3) is 0.774. The van der Waals surface area contributed by atoms with E-state index >= 15 is 0 Å². The van der Waals surface area contributed by atoms with E-state index in [0.29, 0.717) is 28.7 Å². The molecule has 0 saturated heterocycles. The second-order valence-electron chi connectivity index (χ2n) is 20.9. The summed E-state index contributed by atoms with van der Waals surface area (Å²) in [7, 11) is 0. The fourth-order valence-corrected chi connectivity index (χ4v) is 8.07. The van der Waals surface area contributed by atoms with E-state index in [1.807, 2.05) is 26.8 Å². The SMILES string of the molecule is C=C(C)C(C)C1(C)CCCCC1.C=C(C)NC(CC)C(C)(C)C.C=C(CC)NCC(C)CCC.C=C(CCC)C(C)[C@H]1C[C@H]1CC.C=CCNC(=C)C(=C)C(C)CCC.CC.CCCC. The van der Waals surface area contributed by atoms with Crippen LogP contribution >= 0.6 is 0 Å². The van der Waals surface area contributed by atoms with Crippen molar-refractivity contribution in [3.05, 3.63) is 85.9 Å². The summed E-state index contributed by atoms with van der Waals surface area (Å²) in [6, 6.07) is 0.542. The molecule has 65 heavy (non-hydrogen) atoms. The monoisotopic (exact) mass is 910 g/mol. The first-order valence-corrected chi connectivity index (χ1v) is 27.3. The minimum Gasteiger partial charge on any atom is -0.389 e. The highest BCUT2D eigenvalue weighted by Crippen LogP contribution is 2.49. The predicted octanol–water partition coefficient (Wildman–Crippen LogP) is 20.2. The molecule has 2 rings (SSSR count). The van der Waals surface area contributed by atoms with Crippen molar-refractivity contribution in [1.29, 1.82) is 0 Å². The maximum Gasteiger partial charge on any atom is 0.0328 e. The summed E-state index contributed by atoms with van der Waals surface area (Å²) in [5.41, 5.74) is 8.01. The van der Waals surface area contributed by atoms with Crippen molar-refractivity contribution in [3.63, 3.8) is 0 Å². The van der Waals surface area contributed by atoms with E-state index < -0.39 is 0 Å². The van der Waals surface area contributed by atoms with Crippen LogP contribution in [0.1, 0.15) is 248 Å². The maximum absolute atomic E-state index is 4.17. The van der Waals surface area contributed by atoms with Crippen LogP contribution in [0.5, 0.6) is 0 Å². The summed E-state index contributed by atoms with van der Waals surface area (Å²) < 4.78 is 0. The van der Waals surface area contributed by atoms with Crippen molar-refractivity contribution in [2.45, 2.75) is 254 Å². The summed E-state index contributed by atoms with van der Waals surface area (Å²) in [6.45, 7) is 73.6. The number of rotatable bonds is 24. The molecule has 0 aromatic rings. The van der Waals surface area contributed by atoms with Crippen LogP contribution in [-0.2, 0) is 0 Å². The number of nitrogens with one attached hydrogen (secondary N) is 3. The van der Waals surface area contributed by atoms with Crippen LogP contribution in [0.3, 0.4) is 0 Å². The molecule has 0 aromatic carbocycles. The van der Waals surface area contributed by atoms with E-state index in [0.717, 1.165) is 72.3 Å². The molecule has 0 bridgehead atoms. The summed E-state index contributed by atoms with van der Waals surface area (Å²) in [5.74, 6) is 4.80. The Balaban J connectivity index is -0.000000224. The number of unbranched alkanes of at least 4 members (excludes halogenated alkanes) is 1. The predicted molar refractivity (Wildman–Crippen MR) is 306 cm³/mol. The minimum atomic E-state index is 0.327. The lowest BCUT2D eigenvalue weighted by Crippen LogP contribution is -2.38. The summed E-state index contributed by atoms with van der Waals surface area (Å²) in [6.07, 6.45) is 24.0. The molecule has 7 atom stereocenters. The van der Waals surface area contributed by atoms with Gasteiger partial charge in [0, 0.05) is 36.2 Å². The quantitative estimate of drug-likeness (QED) is 0.0667. The third-order valence-electron chi connectivity index (χ3n) is 13.6. The van der Waals surface area contributed by atoms with Gasteiger partial charge in [-0.25, -0.2) is 0 Å².